The number of ether oxygens (including phenoxy) is 1. The molecule has 0 unspecified atom stereocenters. The van der Waals surface area contributed by atoms with Crippen LogP contribution < -0.4 is 4.74 Å². The number of pyridine rings is 1. The molecule has 0 aliphatic heterocycles. The molecule has 27 heavy (non-hydrogen) atoms. The molecule has 2 N–H and O–H groups in total. The van der Waals surface area contributed by atoms with Gasteiger partial charge in [0.05, 0.1) is 6.10 Å². The van der Waals surface area contributed by atoms with E-state index in [2.05, 4.69) is 24.9 Å². The van der Waals surface area contributed by atoms with E-state index in [0.29, 0.717) is 29.3 Å². The standard InChI is InChI=1S/C20H19N5O2/c1-11-6-13(7-16(11)26)27-20-17-19(22-10-23-20)25-18(24-17)15-9-21-8-12-4-2-3-5-14(12)15/h2-5,8-11,13,16,26H,6-7H2,1H3,(H,22,23,24,25)/t11-,13-,16+/m1/s1. The minimum absolute atomic E-state index is 0.0564. The van der Waals surface area contributed by atoms with Crippen molar-refractivity contribution in [3.8, 4) is 17.3 Å². The third-order valence-electron chi connectivity index (χ3n) is 5.25. The van der Waals surface area contributed by atoms with Gasteiger partial charge in [0.1, 0.15) is 23.8 Å². The van der Waals surface area contributed by atoms with E-state index >= 15 is 0 Å². The van der Waals surface area contributed by atoms with Gasteiger partial charge in [-0.15, -0.1) is 0 Å². The van der Waals surface area contributed by atoms with Crippen LogP contribution in [0.4, 0.5) is 0 Å². The number of nitrogens with zero attached hydrogens (tertiary/aromatic N) is 4. The van der Waals surface area contributed by atoms with E-state index in [4.69, 9.17) is 4.74 Å². The second kappa shape index (κ2) is 6.28. The van der Waals surface area contributed by atoms with E-state index < -0.39 is 0 Å². The zero-order valence-electron chi connectivity index (χ0n) is 14.8. The number of fused-ring (bicyclic) bond motifs is 2. The van der Waals surface area contributed by atoms with Crippen LogP contribution in [-0.4, -0.2) is 42.2 Å². The van der Waals surface area contributed by atoms with Crippen molar-refractivity contribution in [3.05, 3.63) is 43.0 Å². The highest BCUT2D eigenvalue weighted by molar-refractivity contribution is 5.95. The summed E-state index contributed by atoms with van der Waals surface area (Å²) in [5.41, 5.74) is 2.12. The summed E-state index contributed by atoms with van der Waals surface area (Å²) >= 11 is 0. The molecule has 0 amide bonds. The number of nitrogens with one attached hydrogen (secondary N) is 1. The van der Waals surface area contributed by atoms with Crippen molar-refractivity contribution in [3.63, 3.8) is 0 Å². The van der Waals surface area contributed by atoms with Crippen LogP contribution in [0.2, 0.25) is 0 Å². The van der Waals surface area contributed by atoms with Crippen LogP contribution in [0.15, 0.2) is 43.0 Å². The van der Waals surface area contributed by atoms with Gasteiger partial charge in [0.25, 0.3) is 0 Å². The van der Waals surface area contributed by atoms with E-state index in [9.17, 15) is 5.11 Å². The van der Waals surface area contributed by atoms with Crippen molar-refractivity contribution in [1.29, 1.82) is 0 Å². The van der Waals surface area contributed by atoms with Gasteiger partial charge in [0.15, 0.2) is 5.65 Å². The van der Waals surface area contributed by atoms with Crippen LogP contribution in [-0.2, 0) is 0 Å². The summed E-state index contributed by atoms with van der Waals surface area (Å²) in [7, 11) is 0. The Morgan fingerprint density at radius 2 is 2.04 bits per heavy atom. The van der Waals surface area contributed by atoms with Crippen LogP contribution in [0.25, 0.3) is 33.3 Å². The lowest BCUT2D eigenvalue weighted by atomic mass is 10.1. The Labute approximate surface area is 155 Å². The highest BCUT2D eigenvalue weighted by atomic mass is 16.5. The third kappa shape index (κ3) is 2.80. The van der Waals surface area contributed by atoms with Gasteiger partial charge in [0.2, 0.25) is 5.88 Å². The largest absolute Gasteiger partial charge is 0.473 e. The minimum Gasteiger partial charge on any atom is -0.473 e. The summed E-state index contributed by atoms with van der Waals surface area (Å²) in [4.78, 5) is 20.8. The lowest BCUT2D eigenvalue weighted by Crippen LogP contribution is -2.14. The summed E-state index contributed by atoms with van der Waals surface area (Å²) in [5, 5.41) is 12.1. The average molecular weight is 361 g/mol. The predicted molar refractivity (Wildman–Crippen MR) is 101 cm³/mol. The number of aliphatic hydroxyl groups excluding tert-OH is 1. The van der Waals surface area contributed by atoms with Gasteiger partial charge in [0, 0.05) is 29.8 Å². The molecule has 1 fully saturated rings. The molecule has 136 valence electrons. The normalized spacial score (nSPS) is 22.5. The second-order valence-corrected chi connectivity index (χ2v) is 7.13. The summed E-state index contributed by atoms with van der Waals surface area (Å²) in [6.45, 7) is 2.03. The van der Waals surface area contributed by atoms with Crippen molar-refractivity contribution >= 4 is 21.9 Å². The molecular formula is C20H19N5O2. The Balaban J connectivity index is 1.56. The minimum atomic E-state index is -0.327. The van der Waals surface area contributed by atoms with E-state index in [-0.39, 0.29) is 18.1 Å². The highest BCUT2D eigenvalue weighted by Crippen LogP contribution is 2.32. The quantitative estimate of drug-likeness (QED) is 0.582. The van der Waals surface area contributed by atoms with E-state index in [0.717, 1.165) is 22.8 Å². The topological polar surface area (TPSA) is 96.8 Å². The van der Waals surface area contributed by atoms with Crippen LogP contribution in [0, 0.1) is 5.92 Å². The fraction of sp³-hybridized carbons (Fsp3) is 0.300. The predicted octanol–water partition coefficient (Wildman–Crippen LogP) is 3.11. The monoisotopic (exact) mass is 361 g/mol. The van der Waals surface area contributed by atoms with E-state index in [1.165, 1.54) is 6.33 Å². The SMILES string of the molecule is C[C@@H]1C[C@@H](Oc2ncnc3nc(-c4cncc5ccccc45)[nH]c23)C[C@@H]1O. The van der Waals surface area contributed by atoms with Crippen LogP contribution in [0.3, 0.4) is 0 Å². The molecule has 0 radical (unpaired) electrons. The Hall–Kier alpha value is -3.06. The molecule has 7 heteroatoms. The molecule has 7 nitrogen and oxygen atoms in total. The van der Waals surface area contributed by atoms with Gasteiger partial charge in [-0.1, -0.05) is 31.2 Å². The maximum absolute atomic E-state index is 9.97. The van der Waals surface area contributed by atoms with Gasteiger partial charge in [-0.05, 0) is 17.7 Å². The molecular weight excluding hydrogens is 342 g/mol. The van der Waals surface area contributed by atoms with Crippen molar-refractivity contribution < 1.29 is 9.84 Å². The van der Waals surface area contributed by atoms with Gasteiger partial charge >= 0.3 is 0 Å². The Kier molecular flexibility index (Phi) is 3.75. The smallest absolute Gasteiger partial charge is 0.243 e. The first-order chi connectivity index (χ1) is 13.2. The fourth-order valence-corrected chi connectivity index (χ4v) is 3.75. The number of aromatic amines is 1. The molecule has 1 saturated carbocycles. The number of imidazole rings is 1. The summed E-state index contributed by atoms with van der Waals surface area (Å²) in [6.07, 6.45) is 6.12. The second-order valence-electron chi connectivity index (χ2n) is 7.13. The van der Waals surface area contributed by atoms with Gasteiger partial charge in [-0.2, -0.15) is 4.98 Å². The molecule has 1 aliphatic carbocycles. The molecule has 3 atom stereocenters. The first-order valence-electron chi connectivity index (χ1n) is 9.07. The summed E-state index contributed by atoms with van der Waals surface area (Å²) in [5.74, 6) is 1.38. The Morgan fingerprint density at radius 1 is 1.15 bits per heavy atom. The molecule has 0 saturated heterocycles. The number of rotatable bonds is 3. The molecule has 0 bridgehead atoms. The van der Waals surface area contributed by atoms with E-state index in [1.807, 2.05) is 37.4 Å². The number of hydrogen-bond acceptors (Lipinski definition) is 6. The molecule has 0 spiro atoms. The number of aromatic nitrogens is 5. The van der Waals surface area contributed by atoms with Crippen molar-refractivity contribution in [2.75, 3.05) is 0 Å². The Bertz CT molecular complexity index is 1110. The fourth-order valence-electron chi connectivity index (χ4n) is 3.75. The number of H-pyrrole nitrogens is 1. The van der Waals surface area contributed by atoms with Gasteiger partial charge in [-0.3, -0.25) is 4.98 Å². The number of aliphatic hydroxyl groups is 1. The van der Waals surface area contributed by atoms with Crippen LogP contribution in [0.1, 0.15) is 19.8 Å². The van der Waals surface area contributed by atoms with Crippen LogP contribution in [0.5, 0.6) is 5.88 Å². The first kappa shape index (κ1) is 16.1. The lowest BCUT2D eigenvalue weighted by Gasteiger charge is -2.12. The molecule has 4 aromatic rings. The zero-order chi connectivity index (χ0) is 18.4. The van der Waals surface area contributed by atoms with Crippen molar-refractivity contribution in [2.24, 2.45) is 5.92 Å². The maximum atomic E-state index is 9.97. The number of benzene rings is 1. The number of hydrogen-bond donors (Lipinski definition) is 2. The van der Waals surface area contributed by atoms with Gasteiger partial charge < -0.3 is 14.8 Å². The molecule has 1 aromatic carbocycles. The van der Waals surface area contributed by atoms with Gasteiger partial charge in [-0.25, -0.2) is 9.97 Å². The molecule has 3 heterocycles. The molecule has 5 rings (SSSR count). The molecule has 1 aliphatic rings. The third-order valence-corrected chi connectivity index (χ3v) is 5.25. The van der Waals surface area contributed by atoms with Crippen LogP contribution >= 0.6 is 0 Å². The van der Waals surface area contributed by atoms with E-state index in [1.54, 1.807) is 6.20 Å². The summed E-state index contributed by atoms with van der Waals surface area (Å²) in [6, 6.07) is 8.05. The highest BCUT2D eigenvalue weighted by Gasteiger charge is 2.32. The Morgan fingerprint density at radius 3 is 2.89 bits per heavy atom. The molecule has 3 aromatic heterocycles. The van der Waals surface area contributed by atoms with Crippen molar-refractivity contribution in [2.45, 2.75) is 32.0 Å². The lowest BCUT2D eigenvalue weighted by molar-refractivity contribution is 0.129. The van der Waals surface area contributed by atoms with Crippen molar-refractivity contribution in [1.82, 2.24) is 24.9 Å². The summed E-state index contributed by atoms with van der Waals surface area (Å²) < 4.78 is 6.07. The zero-order valence-corrected chi connectivity index (χ0v) is 14.8. The average Bonchev–Trinajstić information content (AvgIpc) is 3.25. The first-order valence-corrected chi connectivity index (χ1v) is 9.07. The maximum Gasteiger partial charge on any atom is 0.243 e.